The molecular formula is C8H8FeO4Si. The summed E-state index contributed by atoms with van der Waals surface area (Å²) in [7, 11) is -0.167. The maximum absolute atomic E-state index is 10.7. The van der Waals surface area contributed by atoms with Gasteiger partial charge in [0.15, 0.2) is 0 Å². The number of carboxylic acids is 1. The maximum atomic E-state index is 10.7. The average molecular weight is 252 g/mol. The van der Waals surface area contributed by atoms with Crippen molar-refractivity contribution >= 4 is 15.7 Å². The topological polar surface area (TPSA) is 83.4 Å². The van der Waals surface area contributed by atoms with Crippen LogP contribution in [-0.4, -0.2) is 20.8 Å². The molecule has 4 nitrogen and oxygen atoms in total. The van der Waals surface area contributed by atoms with E-state index in [1.54, 1.807) is 6.55 Å². The number of carbonyl (C=O) groups is 1. The molecule has 0 saturated heterocycles. The first-order valence-corrected chi connectivity index (χ1v) is 4.82. The van der Waals surface area contributed by atoms with Gasteiger partial charge in [0.2, 0.25) is 0 Å². The van der Waals surface area contributed by atoms with Crippen LogP contribution in [0.5, 0.6) is 5.75 Å². The third-order valence-electron chi connectivity index (χ3n) is 1.12. The van der Waals surface area contributed by atoms with Crippen molar-refractivity contribution in [3.8, 4) is 5.75 Å². The molecule has 0 fully saturated rings. The van der Waals surface area contributed by atoms with Gasteiger partial charge in [0.05, 0.1) is 5.56 Å². The predicted molar refractivity (Wildman–Crippen MR) is 44.5 cm³/mol. The third kappa shape index (κ3) is 5.77. The molecule has 1 aromatic carbocycles. The summed E-state index contributed by atoms with van der Waals surface area (Å²) in [6, 6.07) is 5.54. The summed E-state index contributed by atoms with van der Waals surface area (Å²) in [6.07, 6.45) is 0. The Kier molecular flexibility index (Phi) is 9.80. The van der Waals surface area contributed by atoms with E-state index in [1.807, 2.05) is 0 Å². The molecule has 0 spiro atoms. The number of benzene rings is 1. The van der Waals surface area contributed by atoms with Gasteiger partial charge in [-0.2, -0.15) is 0 Å². The molecule has 1 aromatic rings. The fourth-order valence-electron chi connectivity index (χ4n) is 0.643. The van der Waals surface area contributed by atoms with Crippen LogP contribution < -0.4 is 9.90 Å². The SMILES string of the molecule is C[Si][O-].O=C(O)c1ccccc1[O-].[Fe+2]. The Morgan fingerprint density at radius 2 is 1.86 bits per heavy atom. The molecule has 2 radical (unpaired) electrons. The Hall–Kier alpha value is -0.814. The molecule has 76 valence electrons. The van der Waals surface area contributed by atoms with Gasteiger partial charge in [-0.1, -0.05) is 40.3 Å². The molecule has 0 heterocycles. The zero-order valence-corrected chi connectivity index (χ0v) is 9.44. The second-order valence-electron chi connectivity index (χ2n) is 2.01. The first kappa shape index (κ1) is 15.6. The minimum absolute atomic E-state index is 0. The van der Waals surface area contributed by atoms with Crippen molar-refractivity contribution in [3.63, 3.8) is 0 Å². The summed E-state index contributed by atoms with van der Waals surface area (Å²) in [5.41, 5.74) is -0.178. The van der Waals surface area contributed by atoms with Crippen LogP contribution in [-0.2, 0) is 17.1 Å². The van der Waals surface area contributed by atoms with E-state index < -0.39 is 11.7 Å². The van der Waals surface area contributed by atoms with Gasteiger partial charge >= 0.3 is 23.0 Å². The van der Waals surface area contributed by atoms with Crippen molar-refractivity contribution in [2.24, 2.45) is 0 Å². The van der Waals surface area contributed by atoms with Gasteiger partial charge in [0.25, 0.3) is 0 Å². The second kappa shape index (κ2) is 8.77. The first-order valence-electron chi connectivity index (χ1n) is 3.41. The maximum Gasteiger partial charge on any atom is 2.00 e. The van der Waals surface area contributed by atoms with E-state index in [0.29, 0.717) is 0 Å². The molecular weight excluding hydrogens is 244 g/mol. The molecule has 0 saturated carbocycles. The summed E-state index contributed by atoms with van der Waals surface area (Å²) < 4.78 is 0. The third-order valence-corrected chi connectivity index (χ3v) is 1.12. The van der Waals surface area contributed by atoms with Gasteiger partial charge in [-0.3, -0.25) is 0 Å². The smallest absolute Gasteiger partial charge is 0.872 e. The molecule has 0 bridgehead atoms. The molecule has 1 N–H and O–H groups in total. The van der Waals surface area contributed by atoms with Crippen molar-refractivity contribution in [2.45, 2.75) is 6.55 Å². The van der Waals surface area contributed by atoms with Crippen LogP contribution in [0.3, 0.4) is 0 Å². The largest absolute Gasteiger partial charge is 2.00 e. The summed E-state index contributed by atoms with van der Waals surface area (Å²) in [4.78, 5) is 19.2. The minimum Gasteiger partial charge on any atom is -0.872 e. The number of hydrogen-bond donors (Lipinski definition) is 1. The van der Waals surface area contributed by atoms with Crippen LogP contribution in [0.25, 0.3) is 0 Å². The molecule has 0 unspecified atom stereocenters. The molecule has 0 amide bonds. The van der Waals surface area contributed by atoms with Gasteiger partial charge < -0.3 is 15.0 Å². The number of para-hydroxylation sites is 1. The van der Waals surface area contributed by atoms with Crippen LogP contribution >= 0.6 is 0 Å². The molecule has 0 atom stereocenters. The number of carboxylic acid groups (broad SMARTS) is 1. The van der Waals surface area contributed by atoms with Crippen LogP contribution in [0.15, 0.2) is 24.3 Å². The molecule has 0 aromatic heterocycles. The van der Waals surface area contributed by atoms with Crippen molar-refractivity contribution in [3.05, 3.63) is 29.8 Å². The Morgan fingerprint density at radius 3 is 2.14 bits per heavy atom. The van der Waals surface area contributed by atoms with Crippen LogP contribution in [0.4, 0.5) is 0 Å². The normalized spacial score (nSPS) is 7.86. The van der Waals surface area contributed by atoms with E-state index >= 15 is 0 Å². The summed E-state index contributed by atoms with van der Waals surface area (Å²) in [5.74, 6) is -1.62. The monoisotopic (exact) mass is 252 g/mol. The molecule has 0 aliphatic carbocycles. The number of rotatable bonds is 1. The molecule has 0 aliphatic rings. The van der Waals surface area contributed by atoms with E-state index in [9.17, 15) is 9.90 Å². The fraction of sp³-hybridized carbons (Fsp3) is 0.125. The van der Waals surface area contributed by atoms with Crippen LogP contribution in [0.1, 0.15) is 10.4 Å². The standard InChI is InChI=1S/C7H6O3.CH3OSi.Fe/c8-6-4-2-1-3-5(6)7(9)10;1-3-2;/h1-4,8H,(H,9,10);1H3;/q;-1;+2/p-1. The molecule has 1 rings (SSSR count). The summed E-state index contributed by atoms with van der Waals surface area (Å²) in [6.45, 7) is 1.60. The Morgan fingerprint density at radius 1 is 1.43 bits per heavy atom. The second-order valence-corrected chi connectivity index (χ2v) is 2.41. The Bertz CT molecular complexity index is 280. The Labute approximate surface area is 95.0 Å². The van der Waals surface area contributed by atoms with E-state index in [-0.39, 0.29) is 32.4 Å². The zero-order valence-electron chi connectivity index (χ0n) is 7.33. The quantitative estimate of drug-likeness (QED) is 0.681. The number of hydrogen-bond acceptors (Lipinski definition) is 3. The number of aromatic carboxylic acids is 1. The predicted octanol–water partition coefficient (Wildman–Crippen LogP) is -0.530. The van der Waals surface area contributed by atoms with Gasteiger partial charge in [0.1, 0.15) is 0 Å². The molecule has 0 aliphatic heterocycles. The van der Waals surface area contributed by atoms with Gasteiger partial charge in [0, 0.05) is 0 Å². The van der Waals surface area contributed by atoms with Crippen molar-refractivity contribution in [1.82, 2.24) is 0 Å². The average Bonchev–Trinajstić information content (AvgIpc) is 2.06. The fourth-order valence-corrected chi connectivity index (χ4v) is 0.643. The van der Waals surface area contributed by atoms with Crippen molar-refractivity contribution in [1.29, 1.82) is 0 Å². The summed E-state index contributed by atoms with van der Waals surface area (Å²) in [5, 5.41) is 19.0. The Balaban J connectivity index is 0. The van der Waals surface area contributed by atoms with Crippen LogP contribution in [0, 0.1) is 0 Å². The molecule has 14 heavy (non-hydrogen) atoms. The summed E-state index contributed by atoms with van der Waals surface area (Å²) >= 11 is 0. The van der Waals surface area contributed by atoms with Crippen molar-refractivity contribution < 1.29 is 36.9 Å². The first-order chi connectivity index (χ1) is 6.13. The minimum atomic E-state index is -1.18. The van der Waals surface area contributed by atoms with E-state index in [0.717, 1.165) is 0 Å². The molecule has 6 heteroatoms. The van der Waals surface area contributed by atoms with E-state index in [4.69, 9.17) is 9.90 Å². The van der Waals surface area contributed by atoms with Gasteiger partial charge in [-0.05, 0) is 6.07 Å². The van der Waals surface area contributed by atoms with E-state index in [1.165, 1.54) is 24.3 Å². The zero-order chi connectivity index (χ0) is 10.3. The van der Waals surface area contributed by atoms with Gasteiger partial charge in [-0.15, -0.1) is 0 Å². The van der Waals surface area contributed by atoms with Crippen molar-refractivity contribution in [2.75, 3.05) is 0 Å². The van der Waals surface area contributed by atoms with E-state index in [2.05, 4.69) is 0 Å². The van der Waals surface area contributed by atoms with Crippen LogP contribution in [0.2, 0.25) is 6.55 Å². The van der Waals surface area contributed by atoms with Gasteiger partial charge in [-0.25, -0.2) is 4.79 Å².